The second kappa shape index (κ2) is 2.90. The number of esters is 1. The van der Waals surface area contributed by atoms with Gasteiger partial charge in [-0.3, -0.25) is 0 Å². The Morgan fingerprint density at radius 2 is 2.29 bits per heavy atom. The fourth-order valence-electron chi connectivity index (χ4n) is 1.55. The Morgan fingerprint density at radius 3 is 2.93 bits per heavy atom. The van der Waals surface area contributed by atoms with Crippen LogP contribution in [0.15, 0.2) is 6.07 Å². The van der Waals surface area contributed by atoms with E-state index in [1.807, 2.05) is 0 Å². The molecule has 1 aliphatic heterocycles. The average Bonchev–Trinajstić information content (AvgIpc) is 2.54. The SMILES string of the molecule is COc1cc2c(c(O)c1C)COC2=O. The molecule has 14 heavy (non-hydrogen) atoms. The summed E-state index contributed by atoms with van der Waals surface area (Å²) in [6.07, 6.45) is 0. The summed E-state index contributed by atoms with van der Waals surface area (Å²) in [6, 6.07) is 1.60. The average molecular weight is 194 g/mol. The van der Waals surface area contributed by atoms with Crippen LogP contribution in [0, 0.1) is 6.92 Å². The Hall–Kier alpha value is -1.71. The molecule has 4 heteroatoms. The molecule has 1 aromatic carbocycles. The second-order valence-electron chi connectivity index (χ2n) is 3.15. The standard InChI is InChI=1S/C10H10O4/c1-5-8(13-2)3-6-7(9(5)11)4-14-10(6)12/h3,11H,4H2,1-2H3. The van der Waals surface area contributed by atoms with Crippen LogP contribution in [0.1, 0.15) is 21.5 Å². The first-order valence-corrected chi connectivity index (χ1v) is 4.21. The number of ether oxygens (including phenoxy) is 2. The molecular formula is C10H10O4. The summed E-state index contributed by atoms with van der Waals surface area (Å²) in [5.41, 5.74) is 1.57. The number of phenols is 1. The number of cyclic esters (lactones) is 1. The predicted octanol–water partition coefficient (Wildman–Crippen LogP) is 1.38. The Morgan fingerprint density at radius 1 is 1.57 bits per heavy atom. The number of hydrogen-bond donors (Lipinski definition) is 1. The highest BCUT2D eigenvalue weighted by Gasteiger charge is 2.27. The topological polar surface area (TPSA) is 55.8 Å². The second-order valence-corrected chi connectivity index (χ2v) is 3.15. The molecule has 0 amide bonds. The summed E-state index contributed by atoms with van der Waals surface area (Å²) in [4.78, 5) is 11.2. The molecule has 4 nitrogen and oxygen atoms in total. The normalized spacial score (nSPS) is 13.7. The highest BCUT2D eigenvalue weighted by molar-refractivity contribution is 5.95. The zero-order chi connectivity index (χ0) is 10.3. The lowest BCUT2D eigenvalue weighted by molar-refractivity contribution is 0.0534. The summed E-state index contributed by atoms with van der Waals surface area (Å²) in [5.74, 6) is 0.180. The van der Waals surface area contributed by atoms with E-state index in [4.69, 9.17) is 9.47 Å². The van der Waals surface area contributed by atoms with Crippen molar-refractivity contribution in [1.29, 1.82) is 0 Å². The Labute approximate surface area is 81.1 Å². The minimum atomic E-state index is -0.409. The molecule has 74 valence electrons. The van der Waals surface area contributed by atoms with Crippen molar-refractivity contribution in [2.45, 2.75) is 13.5 Å². The van der Waals surface area contributed by atoms with Crippen LogP contribution in [0.4, 0.5) is 0 Å². The van der Waals surface area contributed by atoms with Crippen molar-refractivity contribution in [3.05, 3.63) is 22.8 Å². The summed E-state index contributed by atoms with van der Waals surface area (Å²) in [5, 5.41) is 9.74. The largest absolute Gasteiger partial charge is 0.507 e. The molecule has 0 spiro atoms. The molecule has 1 aromatic rings. The van der Waals surface area contributed by atoms with Gasteiger partial charge in [0, 0.05) is 11.1 Å². The maximum absolute atomic E-state index is 11.2. The fraction of sp³-hybridized carbons (Fsp3) is 0.300. The first-order valence-electron chi connectivity index (χ1n) is 4.21. The summed E-state index contributed by atoms with van der Waals surface area (Å²) < 4.78 is 9.84. The Kier molecular flexibility index (Phi) is 1.84. The number of carbonyl (C=O) groups is 1. The number of phenolic OH excluding ortho intramolecular Hbond substituents is 1. The Balaban J connectivity index is 2.68. The van der Waals surface area contributed by atoms with E-state index in [-0.39, 0.29) is 12.4 Å². The molecule has 1 heterocycles. The van der Waals surface area contributed by atoms with Gasteiger partial charge in [0.25, 0.3) is 0 Å². The van der Waals surface area contributed by atoms with Crippen LogP contribution in [-0.2, 0) is 11.3 Å². The molecule has 0 saturated heterocycles. The zero-order valence-electron chi connectivity index (χ0n) is 7.96. The van der Waals surface area contributed by atoms with Gasteiger partial charge in [-0.25, -0.2) is 4.79 Å². The van der Waals surface area contributed by atoms with E-state index in [9.17, 15) is 9.90 Å². The van der Waals surface area contributed by atoms with E-state index < -0.39 is 5.97 Å². The number of benzene rings is 1. The number of hydrogen-bond acceptors (Lipinski definition) is 4. The molecule has 0 unspecified atom stereocenters. The summed E-state index contributed by atoms with van der Waals surface area (Å²) in [6.45, 7) is 1.88. The molecule has 0 bridgehead atoms. The first kappa shape index (κ1) is 8.87. The van der Waals surface area contributed by atoms with Gasteiger partial charge in [-0.05, 0) is 13.0 Å². The van der Waals surface area contributed by atoms with Crippen molar-refractivity contribution >= 4 is 5.97 Å². The number of methoxy groups -OCH3 is 1. The van der Waals surface area contributed by atoms with E-state index in [0.717, 1.165) is 0 Å². The van der Waals surface area contributed by atoms with Crippen molar-refractivity contribution < 1.29 is 19.4 Å². The van der Waals surface area contributed by atoms with Gasteiger partial charge in [0.1, 0.15) is 18.1 Å². The lowest BCUT2D eigenvalue weighted by atomic mass is 10.0. The minimum Gasteiger partial charge on any atom is -0.507 e. The van der Waals surface area contributed by atoms with Gasteiger partial charge < -0.3 is 14.6 Å². The number of aromatic hydroxyl groups is 1. The van der Waals surface area contributed by atoms with Gasteiger partial charge in [0.2, 0.25) is 0 Å². The van der Waals surface area contributed by atoms with Crippen molar-refractivity contribution in [2.24, 2.45) is 0 Å². The molecule has 0 aliphatic carbocycles. The molecule has 0 radical (unpaired) electrons. The van der Waals surface area contributed by atoms with Gasteiger partial charge in [0.15, 0.2) is 0 Å². The van der Waals surface area contributed by atoms with Crippen LogP contribution in [-0.4, -0.2) is 18.2 Å². The van der Waals surface area contributed by atoms with Crippen molar-refractivity contribution in [2.75, 3.05) is 7.11 Å². The maximum atomic E-state index is 11.2. The molecule has 0 atom stereocenters. The minimum absolute atomic E-state index is 0.0881. The third-order valence-electron chi connectivity index (χ3n) is 2.40. The lowest BCUT2D eigenvalue weighted by Gasteiger charge is -2.08. The van der Waals surface area contributed by atoms with E-state index in [1.54, 1.807) is 13.0 Å². The molecule has 1 aliphatic rings. The monoisotopic (exact) mass is 194 g/mol. The molecule has 1 N–H and O–H groups in total. The lowest BCUT2D eigenvalue weighted by Crippen LogP contribution is -1.96. The van der Waals surface area contributed by atoms with Gasteiger partial charge in [-0.2, -0.15) is 0 Å². The van der Waals surface area contributed by atoms with Crippen LogP contribution < -0.4 is 4.74 Å². The van der Waals surface area contributed by atoms with Crippen molar-refractivity contribution in [3.63, 3.8) is 0 Å². The van der Waals surface area contributed by atoms with Crippen LogP contribution in [0.2, 0.25) is 0 Å². The smallest absolute Gasteiger partial charge is 0.339 e. The van der Waals surface area contributed by atoms with Gasteiger partial charge in [-0.1, -0.05) is 0 Å². The van der Waals surface area contributed by atoms with Gasteiger partial charge >= 0.3 is 5.97 Å². The first-order chi connectivity index (χ1) is 6.65. The maximum Gasteiger partial charge on any atom is 0.339 e. The van der Waals surface area contributed by atoms with E-state index in [2.05, 4.69) is 0 Å². The highest BCUT2D eigenvalue weighted by Crippen LogP contribution is 2.37. The number of fused-ring (bicyclic) bond motifs is 1. The summed E-state index contributed by atoms with van der Waals surface area (Å²) >= 11 is 0. The fourth-order valence-corrected chi connectivity index (χ4v) is 1.55. The highest BCUT2D eigenvalue weighted by atomic mass is 16.5. The van der Waals surface area contributed by atoms with Gasteiger partial charge in [-0.15, -0.1) is 0 Å². The van der Waals surface area contributed by atoms with E-state index >= 15 is 0 Å². The van der Waals surface area contributed by atoms with Gasteiger partial charge in [0.05, 0.1) is 12.7 Å². The van der Waals surface area contributed by atoms with Crippen LogP contribution in [0.5, 0.6) is 11.5 Å². The summed E-state index contributed by atoms with van der Waals surface area (Å²) in [7, 11) is 1.49. The quantitative estimate of drug-likeness (QED) is 0.686. The van der Waals surface area contributed by atoms with Crippen LogP contribution in [0.25, 0.3) is 0 Å². The predicted molar refractivity (Wildman–Crippen MR) is 48.5 cm³/mol. The third kappa shape index (κ3) is 1.04. The molecule has 0 aromatic heterocycles. The Bertz CT molecular complexity index is 409. The molecule has 0 saturated carbocycles. The van der Waals surface area contributed by atoms with Crippen molar-refractivity contribution in [3.8, 4) is 11.5 Å². The zero-order valence-corrected chi connectivity index (χ0v) is 7.96. The third-order valence-corrected chi connectivity index (χ3v) is 2.40. The van der Waals surface area contributed by atoms with Crippen molar-refractivity contribution in [1.82, 2.24) is 0 Å². The molecular weight excluding hydrogens is 184 g/mol. The molecule has 0 fully saturated rings. The van der Waals surface area contributed by atoms with Crippen LogP contribution >= 0.6 is 0 Å². The number of carbonyl (C=O) groups excluding carboxylic acids is 1. The molecule has 2 rings (SSSR count). The van der Waals surface area contributed by atoms with Crippen LogP contribution in [0.3, 0.4) is 0 Å². The van der Waals surface area contributed by atoms with E-state index in [0.29, 0.717) is 22.4 Å². The number of rotatable bonds is 1. The van der Waals surface area contributed by atoms with E-state index in [1.165, 1.54) is 7.11 Å².